The molecule has 7 heteroatoms. The highest BCUT2D eigenvalue weighted by atomic mass is 32.2. The van der Waals surface area contributed by atoms with E-state index in [4.69, 9.17) is 4.74 Å². The lowest BCUT2D eigenvalue weighted by atomic mass is 10.1. The molecule has 0 N–H and O–H groups in total. The fourth-order valence-electron chi connectivity index (χ4n) is 2.58. The van der Waals surface area contributed by atoms with Crippen LogP contribution in [0.1, 0.15) is 19.4 Å². The van der Waals surface area contributed by atoms with Gasteiger partial charge in [-0.15, -0.1) is 0 Å². The summed E-state index contributed by atoms with van der Waals surface area (Å²) in [5.41, 5.74) is 0.867. The van der Waals surface area contributed by atoms with Gasteiger partial charge in [-0.05, 0) is 30.2 Å². The molecule has 0 bridgehead atoms. The number of aryl methyl sites for hydroxylation is 1. The molecule has 6 nitrogen and oxygen atoms in total. The van der Waals surface area contributed by atoms with Gasteiger partial charge in [0.2, 0.25) is 15.9 Å². The van der Waals surface area contributed by atoms with Crippen molar-refractivity contribution in [2.75, 3.05) is 33.3 Å². The number of amides is 1. The van der Waals surface area contributed by atoms with Crippen molar-refractivity contribution >= 4 is 15.9 Å². The number of rotatable bonds is 4. The second-order valence-corrected chi connectivity index (χ2v) is 7.18. The Balaban J connectivity index is 2.22. The summed E-state index contributed by atoms with van der Waals surface area (Å²) < 4.78 is 32.1. The van der Waals surface area contributed by atoms with Crippen LogP contribution in [-0.4, -0.2) is 56.8 Å². The molecular weight excluding hydrogens is 304 g/mol. The van der Waals surface area contributed by atoms with Crippen LogP contribution in [0.15, 0.2) is 23.1 Å². The molecule has 0 spiro atoms. The number of carbonyl (C=O) groups is 1. The predicted octanol–water partition coefficient (Wildman–Crippen LogP) is 1.11. The first kappa shape index (κ1) is 16.8. The van der Waals surface area contributed by atoms with E-state index in [0.717, 1.165) is 5.56 Å². The molecule has 1 amide bonds. The van der Waals surface area contributed by atoms with Crippen molar-refractivity contribution in [3.05, 3.63) is 23.8 Å². The second kappa shape index (κ2) is 6.66. The van der Waals surface area contributed by atoms with Crippen molar-refractivity contribution in [2.45, 2.75) is 25.2 Å². The van der Waals surface area contributed by atoms with Crippen LogP contribution in [0.4, 0.5) is 0 Å². The van der Waals surface area contributed by atoms with Crippen molar-refractivity contribution in [1.29, 1.82) is 0 Å². The van der Waals surface area contributed by atoms with Gasteiger partial charge in [0.25, 0.3) is 0 Å². The third kappa shape index (κ3) is 3.25. The quantitative estimate of drug-likeness (QED) is 0.831. The second-order valence-electron chi connectivity index (χ2n) is 5.24. The monoisotopic (exact) mass is 326 g/mol. The fraction of sp³-hybridized carbons (Fsp3) is 0.533. The molecule has 122 valence electrons. The Morgan fingerprint density at radius 2 is 1.86 bits per heavy atom. The summed E-state index contributed by atoms with van der Waals surface area (Å²) in [5, 5.41) is 0. The number of hydrogen-bond donors (Lipinski definition) is 0. The summed E-state index contributed by atoms with van der Waals surface area (Å²) in [6.45, 7) is 4.99. The number of carbonyl (C=O) groups excluding carboxylic acids is 1. The third-order valence-electron chi connectivity index (χ3n) is 3.95. The van der Waals surface area contributed by atoms with Crippen molar-refractivity contribution in [2.24, 2.45) is 0 Å². The van der Waals surface area contributed by atoms with Crippen molar-refractivity contribution in [3.8, 4) is 5.75 Å². The minimum absolute atomic E-state index is 0.0187. The number of nitrogens with zero attached hydrogens (tertiary/aromatic N) is 2. The highest BCUT2D eigenvalue weighted by Crippen LogP contribution is 2.25. The van der Waals surface area contributed by atoms with Crippen LogP contribution in [0.5, 0.6) is 5.75 Å². The van der Waals surface area contributed by atoms with Crippen LogP contribution in [0.25, 0.3) is 0 Å². The number of sulfonamides is 1. The number of ether oxygens (including phenoxy) is 1. The third-order valence-corrected chi connectivity index (χ3v) is 5.85. The van der Waals surface area contributed by atoms with Gasteiger partial charge >= 0.3 is 0 Å². The summed E-state index contributed by atoms with van der Waals surface area (Å²) in [6, 6.07) is 4.94. The van der Waals surface area contributed by atoms with Gasteiger partial charge in [0, 0.05) is 33.1 Å². The van der Waals surface area contributed by atoms with Gasteiger partial charge in [-0.1, -0.05) is 6.92 Å². The molecule has 0 atom stereocenters. The molecule has 0 aromatic heterocycles. The van der Waals surface area contributed by atoms with Crippen LogP contribution in [-0.2, 0) is 21.2 Å². The van der Waals surface area contributed by atoms with Crippen LogP contribution in [0.3, 0.4) is 0 Å². The molecule has 1 aromatic rings. The van der Waals surface area contributed by atoms with E-state index in [1.165, 1.54) is 11.2 Å². The van der Waals surface area contributed by atoms with Gasteiger partial charge < -0.3 is 9.64 Å². The highest BCUT2D eigenvalue weighted by Gasteiger charge is 2.29. The normalized spacial score (nSPS) is 16.6. The van der Waals surface area contributed by atoms with Crippen LogP contribution < -0.4 is 4.74 Å². The van der Waals surface area contributed by atoms with E-state index < -0.39 is 10.0 Å². The van der Waals surface area contributed by atoms with Crippen molar-refractivity contribution in [3.63, 3.8) is 0 Å². The molecule has 0 aliphatic carbocycles. The van der Waals surface area contributed by atoms with Crippen LogP contribution in [0.2, 0.25) is 0 Å². The van der Waals surface area contributed by atoms with Gasteiger partial charge in [-0.3, -0.25) is 4.79 Å². The molecule has 1 fully saturated rings. The zero-order valence-corrected chi connectivity index (χ0v) is 14.0. The van der Waals surface area contributed by atoms with E-state index >= 15 is 0 Å². The summed E-state index contributed by atoms with van der Waals surface area (Å²) in [4.78, 5) is 13.3. The first-order valence-corrected chi connectivity index (χ1v) is 8.76. The molecule has 22 heavy (non-hydrogen) atoms. The maximum absolute atomic E-state index is 12.7. The minimum Gasteiger partial charge on any atom is -0.496 e. The Morgan fingerprint density at radius 3 is 2.36 bits per heavy atom. The first-order chi connectivity index (χ1) is 10.4. The number of methoxy groups -OCH3 is 1. The summed E-state index contributed by atoms with van der Waals surface area (Å²) >= 11 is 0. The van der Waals surface area contributed by atoms with Crippen molar-refractivity contribution < 1.29 is 17.9 Å². The van der Waals surface area contributed by atoms with Gasteiger partial charge in [-0.2, -0.15) is 4.31 Å². The lowest BCUT2D eigenvalue weighted by Gasteiger charge is -2.33. The fourth-order valence-corrected chi connectivity index (χ4v) is 4.06. The van der Waals surface area contributed by atoms with E-state index in [1.54, 1.807) is 30.2 Å². The lowest BCUT2D eigenvalue weighted by molar-refractivity contribution is -0.129. The Kier molecular flexibility index (Phi) is 5.08. The molecule has 0 radical (unpaired) electrons. The number of piperazine rings is 1. The maximum Gasteiger partial charge on any atom is 0.243 e. The highest BCUT2D eigenvalue weighted by molar-refractivity contribution is 7.89. The van der Waals surface area contributed by atoms with E-state index in [2.05, 4.69) is 0 Å². The molecule has 1 aromatic carbocycles. The van der Waals surface area contributed by atoms with E-state index in [1.807, 2.05) is 6.92 Å². The van der Waals surface area contributed by atoms with Crippen molar-refractivity contribution in [1.82, 2.24) is 9.21 Å². The smallest absolute Gasteiger partial charge is 0.243 e. The molecule has 1 aliphatic rings. The predicted molar refractivity (Wildman–Crippen MR) is 83.4 cm³/mol. The SMILES string of the molecule is CCc1cc(S(=O)(=O)N2CCN(C(C)=O)CC2)ccc1OC. The summed E-state index contributed by atoms with van der Waals surface area (Å²) in [6.07, 6.45) is 0.699. The molecule has 2 rings (SSSR count). The Labute approximate surface area is 131 Å². The zero-order chi connectivity index (χ0) is 16.3. The van der Waals surface area contributed by atoms with E-state index in [0.29, 0.717) is 38.3 Å². The number of benzene rings is 1. The van der Waals surface area contributed by atoms with E-state index in [-0.39, 0.29) is 10.8 Å². The van der Waals surface area contributed by atoms with Crippen LogP contribution in [0, 0.1) is 0 Å². The Morgan fingerprint density at radius 1 is 1.23 bits per heavy atom. The topological polar surface area (TPSA) is 66.9 Å². The van der Waals surface area contributed by atoms with Crippen LogP contribution >= 0.6 is 0 Å². The number of hydrogen-bond acceptors (Lipinski definition) is 4. The average Bonchev–Trinajstić information content (AvgIpc) is 2.54. The van der Waals surface area contributed by atoms with Gasteiger partial charge in [-0.25, -0.2) is 8.42 Å². The lowest BCUT2D eigenvalue weighted by Crippen LogP contribution is -2.49. The standard InChI is InChI=1S/C15H22N2O4S/c1-4-13-11-14(5-6-15(13)21-3)22(19,20)17-9-7-16(8-10-17)12(2)18/h5-6,11H,4,7-10H2,1-3H3. The molecule has 1 aliphatic heterocycles. The minimum atomic E-state index is -3.53. The average molecular weight is 326 g/mol. The van der Waals surface area contributed by atoms with Gasteiger partial charge in [0.05, 0.1) is 12.0 Å². The first-order valence-electron chi connectivity index (χ1n) is 7.32. The van der Waals surface area contributed by atoms with Gasteiger partial charge in [0.15, 0.2) is 0 Å². The molecule has 0 unspecified atom stereocenters. The zero-order valence-electron chi connectivity index (χ0n) is 13.2. The van der Waals surface area contributed by atoms with Gasteiger partial charge in [0.1, 0.15) is 5.75 Å². The Bertz CT molecular complexity index is 650. The molecule has 0 saturated carbocycles. The molecule has 1 heterocycles. The largest absolute Gasteiger partial charge is 0.496 e. The summed E-state index contributed by atoms with van der Waals surface area (Å²) in [7, 11) is -1.96. The molecule has 1 saturated heterocycles. The Hall–Kier alpha value is -1.60. The maximum atomic E-state index is 12.7. The van der Waals surface area contributed by atoms with E-state index in [9.17, 15) is 13.2 Å². The summed E-state index contributed by atoms with van der Waals surface area (Å²) in [5.74, 6) is 0.678. The molecular formula is C15H22N2O4S.